The molecular formula is C8H13N5O2S. The summed E-state index contributed by atoms with van der Waals surface area (Å²) in [6, 6.07) is 0.424. The van der Waals surface area contributed by atoms with Crippen molar-refractivity contribution in [2.45, 2.75) is 31.0 Å². The zero-order chi connectivity index (χ0) is 11.4. The van der Waals surface area contributed by atoms with Gasteiger partial charge in [-0.15, -0.1) is 5.10 Å². The minimum Gasteiger partial charge on any atom is -0.274 e. The van der Waals surface area contributed by atoms with Gasteiger partial charge < -0.3 is 0 Å². The van der Waals surface area contributed by atoms with Crippen LogP contribution in [0.15, 0.2) is 5.16 Å². The van der Waals surface area contributed by atoms with Gasteiger partial charge in [-0.3, -0.25) is 9.63 Å². The highest BCUT2D eigenvalue weighted by atomic mass is 32.2. The van der Waals surface area contributed by atoms with E-state index in [1.165, 1.54) is 11.8 Å². The highest BCUT2D eigenvalue weighted by Crippen LogP contribution is 2.36. The molecule has 1 aromatic heterocycles. The molecule has 1 amide bonds. The van der Waals surface area contributed by atoms with E-state index >= 15 is 0 Å². The van der Waals surface area contributed by atoms with Crippen molar-refractivity contribution >= 4 is 17.7 Å². The lowest BCUT2D eigenvalue weighted by Gasteiger charge is -2.03. The highest BCUT2D eigenvalue weighted by molar-refractivity contribution is 7.99. The average molecular weight is 243 g/mol. The maximum atomic E-state index is 11.3. The Morgan fingerprint density at radius 2 is 2.50 bits per heavy atom. The first-order chi connectivity index (χ1) is 7.81. The first kappa shape index (κ1) is 11.3. The van der Waals surface area contributed by atoms with Gasteiger partial charge >= 0.3 is 0 Å². The highest BCUT2D eigenvalue weighted by Gasteiger charge is 2.28. The molecule has 1 heterocycles. The lowest BCUT2D eigenvalue weighted by atomic mass is 10.7. The Bertz CT molecular complexity index is 365. The van der Waals surface area contributed by atoms with Gasteiger partial charge in [0, 0.05) is 0 Å². The molecule has 0 atom stereocenters. The van der Waals surface area contributed by atoms with Crippen LogP contribution in [-0.2, 0) is 9.63 Å². The monoisotopic (exact) mass is 243 g/mol. The Labute approximate surface area is 96.9 Å². The molecule has 88 valence electrons. The molecule has 0 radical (unpaired) electrons. The van der Waals surface area contributed by atoms with E-state index in [2.05, 4.69) is 21.0 Å². The van der Waals surface area contributed by atoms with Crippen molar-refractivity contribution in [1.29, 1.82) is 0 Å². The van der Waals surface area contributed by atoms with Gasteiger partial charge in [0.15, 0.2) is 0 Å². The van der Waals surface area contributed by atoms with E-state index in [1.54, 1.807) is 11.6 Å². The molecule has 2 rings (SSSR count). The van der Waals surface area contributed by atoms with E-state index in [9.17, 15) is 4.79 Å². The SMILES string of the molecule is CCONC(=O)CSc1nnnn1C1CC1. The molecule has 0 aromatic carbocycles. The molecule has 0 unspecified atom stereocenters. The summed E-state index contributed by atoms with van der Waals surface area (Å²) < 4.78 is 1.78. The molecule has 1 N–H and O–H groups in total. The summed E-state index contributed by atoms with van der Waals surface area (Å²) in [4.78, 5) is 16.0. The topological polar surface area (TPSA) is 81.9 Å². The molecule has 0 saturated heterocycles. The largest absolute Gasteiger partial charge is 0.274 e. The molecule has 8 heteroatoms. The molecule has 0 spiro atoms. The molecule has 0 bridgehead atoms. The number of amides is 1. The van der Waals surface area contributed by atoms with E-state index in [0.717, 1.165) is 12.8 Å². The van der Waals surface area contributed by atoms with Gasteiger partial charge in [0.05, 0.1) is 18.4 Å². The van der Waals surface area contributed by atoms with E-state index in [0.29, 0.717) is 17.8 Å². The summed E-state index contributed by atoms with van der Waals surface area (Å²) in [6.45, 7) is 2.26. The fourth-order valence-electron chi connectivity index (χ4n) is 1.14. The van der Waals surface area contributed by atoms with Crippen LogP contribution in [0.1, 0.15) is 25.8 Å². The van der Waals surface area contributed by atoms with Crippen molar-refractivity contribution in [3.63, 3.8) is 0 Å². The van der Waals surface area contributed by atoms with Gasteiger partial charge in [-0.2, -0.15) is 0 Å². The van der Waals surface area contributed by atoms with Gasteiger partial charge in [0.25, 0.3) is 5.91 Å². The molecule has 1 fully saturated rings. The summed E-state index contributed by atoms with van der Waals surface area (Å²) in [5, 5.41) is 12.1. The summed E-state index contributed by atoms with van der Waals surface area (Å²) in [5.74, 6) is 0.0739. The van der Waals surface area contributed by atoms with Crippen molar-refractivity contribution in [2.75, 3.05) is 12.4 Å². The number of carbonyl (C=O) groups excluding carboxylic acids is 1. The Kier molecular flexibility index (Phi) is 3.73. The number of nitrogens with zero attached hydrogens (tertiary/aromatic N) is 4. The van der Waals surface area contributed by atoms with Crippen molar-refractivity contribution in [3.8, 4) is 0 Å². The maximum Gasteiger partial charge on any atom is 0.254 e. The second-order valence-electron chi connectivity index (χ2n) is 3.38. The summed E-state index contributed by atoms with van der Waals surface area (Å²) >= 11 is 1.32. The van der Waals surface area contributed by atoms with E-state index in [4.69, 9.17) is 4.84 Å². The van der Waals surface area contributed by atoms with Crippen LogP contribution < -0.4 is 5.48 Å². The first-order valence-corrected chi connectivity index (χ1v) is 6.11. The molecule has 0 aliphatic heterocycles. The number of hydroxylamine groups is 1. The van der Waals surface area contributed by atoms with Crippen molar-refractivity contribution < 1.29 is 9.63 Å². The summed E-state index contributed by atoms with van der Waals surface area (Å²) in [6.07, 6.45) is 2.23. The number of carbonyl (C=O) groups is 1. The number of tetrazole rings is 1. The first-order valence-electron chi connectivity index (χ1n) is 5.12. The van der Waals surface area contributed by atoms with E-state index < -0.39 is 0 Å². The third-order valence-corrected chi connectivity index (χ3v) is 2.95. The minimum absolute atomic E-state index is 0.183. The van der Waals surface area contributed by atoms with Crippen LogP contribution in [0.2, 0.25) is 0 Å². The normalized spacial score (nSPS) is 15.1. The number of rotatable bonds is 6. The Morgan fingerprint density at radius 1 is 1.69 bits per heavy atom. The summed E-state index contributed by atoms with van der Waals surface area (Å²) in [5.41, 5.74) is 2.32. The number of hydrogen-bond donors (Lipinski definition) is 1. The van der Waals surface area contributed by atoms with Crippen molar-refractivity contribution in [2.24, 2.45) is 0 Å². The summed E-state index contributed by atoms with van der Waals surface area (Å²) in [7, 11) is 0. The Morgan fingerprint density at radius 3 is 3.19 bits per heavy atom. The number of nitrogens with one attached hydrogen (secondary N) is 1. The standard InChI is InChI=1S/C8H13N5O2S/c1-2-15-10-7(14)5-16-8-9-11-12-13(8)6-3-4-6/h6H,2-5H2,1H3,(H,10,14). The van der Waals surface area contributed by atoms with Crippen LogP contribution in [0.5, 0.6) is 0 Å². The molecule has 1 saturated carbocycles. The fourth-order valence-corrected chi connectivity index (χ4v) is 1.87. The van der Waals surface area contributed by atoms with Crippen molar-refractivity contribution in [1.82, 2.24) is 25.7 Å². The maximum absolute atomic E-state index is 11.3. The van der Waals surface area contributed by atoms with Gasteiger partial charge in [-0.1, -0.05) is 11.8 Å². The van der Waals surface area contributed by atoms with Crippen LogP contribution in [0, 0.1) is 0 Å². The molecule has 1 aliphatic rings. The molecular weight excluding hydrogens is 230 g/mol. The van der Waals surface area contributed by atoms with Crippen LogP contribution in [-0.4, -0.2) is 38.5 Å². The van der Waals surface area contributed by atoms with Crippen LogP contribution in [0.25, 0.3) is 0 Å². The predicted octanol–water partition coefficient (Wildman–Crippen LogP) is 0.168. The van der Waals surface area contributed by atoms with Gasteiger partial charge in [-0.25, -0.2) is 10.2 Å². The second kappa shape index (κ2) is 5.26. The smallest absolute Gasteiger partial charge is 0.254 e. The zero-order valence-electron chi connectivity index (χ0n) is 8.92. The minimum atomic E-state index is -0.183. The number of thioether (sulfide) groups is 1. The third kappa shape index (κ3) is 2.92. The fraction of sp³-hybridized carbons (Fsp3) is 0.750. The van der Waals surface area contributed by atoms with Crippen LogP contribution in [0.4, 0.5) is 0 Å². The molecule has 7 nitrogen and oxygen atoms in total. The third-order valence-electron chi connectivity index (χ3n) is 2.02. The zero-order valence-corrected chi connectivity index (χ0v) is 9.74. The van der Waals surface area contributed by atoms with E-state index in [1.807, 2.05) is 0 Å². The lowest BCUT2D eigenvalue weighted by molar-refractivity contribution is -0.130. The Balaban J connectivity index is 1.80. The lowest BCUT2D eigenvalue weighted by Crippen LogP contribution is -2.25. The molecule has 1 aromatic rings. The van der Waals surface area contributed by atoms with Gasteiger partial charge in [0.2, 0.25) is 5.16 Å². The van der Waals surface area contributed by atoms with Gasteiger partial charge in [0.1, 0.15) is 0 Å². The number of aromatic nitrogens is 4. The Hall–Kier alpha value is -1.15. The van der Waals surface area contributed by atoms with Crippen LogP contribution in [0.3, 0.4) is 0 Å². The second-order valence-corrected chi connectivity index (χ2v) is 4.33. The predicted molar refractivity (Wildman–Crippen MR) is 56.6 cm³/mol. The van der Waals surface area contributed by atoms with E-state index in [-0.39, 0.29) is 11.7 Å². The van der Waals surface area contributed by atoms with Crippen molar-refractivity contribution in [3.05, 3.63) is 0 Å². The average Bonchev–Trinajstić information content (AvgIpc) is 3.03. The van der Waals surface area contributed by atoms with Gasteiger partial charge in [-0.05, 0) is 30.2 Å². The molecule has 16 heavy (non-hydrogen) atoms. The molecule has 1 aliphatic carbocycles. The quantitative estimate of drug-likeness (QED) is 0.566. The number of hydrogen-bond acceptors (Lipinski definition) is 6. The van der Waals surface area contributed by atoms with Crippen LogP contribution >= 0.6 is 11.8 Å².